The fourth-order valence-electron chi connectivity index (χ4n) is 0.793. The molecular weight excluding hydrogens is 176 g/mol. The van der Waals surface area contributed by atoms with E-state index in [0.717, 1.165) is 13.0 Å². The highest BCUT2D eigenvalue weighted by molar-refractivity contribution is 5.43. The summed E-state index contributed by atoms with van der Waals surface area (Å²) in [5, 5.41) is 35.8. The van der Waals surface area contributed by atoms with Crippen LogP contribution in [0.1, 0.15) is 6.92 Å². The number of hydrogen-bond donors (Lipinski definition) is 4. The first-order chi connectivity index (χ1) is 5.88. The van der Waals surface area contributed by atoms with E-state index in [9.17, 15) is 0 Å². The molecular formula is C8H10O5. The van der Waals surface area contributed by atoms with Gasteiger partial charge in [0, 0.05) is 13.0 Å². The summed E-state index contributed by atoms with van der Waals surface area (Å²) in [5.41, 5.74) is 0. The van der Waals surface area contributed by atoms with Crippen molar-refractivity contribution in [3.63, 3.8) is 0 Å². The number of aliphatic hydroxyl groups is 2. The standard InChI is InChI=1S/C8H10O5/c1-8(11,12)13-7-4-5(9)2-3-6(7)10/h2-4,9-12H,1H3. The van der Waals surface area contributed by atoms with Crippen molar-refractivity contribution >= 4 is 0 Å². The number of aromatic hydroxyl groups is 2. The van der Waals surface area contributed by atoms with Crippen molar-refractivity contribution in [3.8, 4) is 17.2 Å². The fraction of sp³-hybridized carbons (Fsp3) is 0.250. The molecule has 0 fully saturated rings. The van der Waals surface area contributed by atoms with Crippen molar-refractivity contribution in [3.05, 3.63) is 18.2 Å². The maximum atomic E-state index is 9.14. The first-order valence-corrected chi connectivity index (χ1v) is 3.54. The molecule has 0 aliphatic carbocycles. The van der Waals surface area contributed by atoms with Crippen LogP contribution in [-0.2, 0) is 0 Å². The molecule has 4 N–H and O–H groups in total. The van der Waals surface area contributed by atoms with Gasteiger partial charge in [-0.1, -0.05) is 0 Å². The van der Waals surface area contributed by atoms with Crippen LogP contribution in [0.4, 0.5) is 0 Å². The lowest BCUT2D eigenvalue weighted by molar-refractivity contribution is -0.278. The maximum Gasteiger partial charge on any atom is 0.318 e. The summed E-state index contributed by atoms with van der Waals surface area (Å²) in [5.74, 6) is -3.01. The quantitative estimate of drug-likeness (QED) is 0.389. The second-order valence-electron chi connectivity index (χ2n) is 2.69. The van der Waals surface area contributed by atoms with Crippen LogP contribution in [-0.4, -0.2) is 26.4 Å². The lowest BCUT2D eigenvalue weighted by atomic mass is 10.3. The van der Waals surface area contributed by atoms with Crippen LogP contribution < -0.4 is 4.74 Å². The minimum Gasteiger partial charge on any atom is -0.508 e. The number of ether oxygens (including phenoxy) is 1. The van der Waals surface area contributed by atoms with Crippen LogP contribution in [0.3, 0.4) is 0 Å². The highest BCUT2D eigenvalue weighted by Crippen LogP contribution is 2.31. The van der Waals surface area contributed by atoms with E-state index < -0.39 is 5.97 Å². The number of benzene rings is 1. The molecule has 13 heavy (non-hydrogen) atoms. The van der Waals surface area contributed by atoms with Gasteiger partial charge in [0.15, 0.2) is 11.5 Å². The molecule has 1 rings (SSSR count). The minimum atomic E-state index is -2.38. The van der Waals surface area contributed by atoms with Crippen LogP contribution in [0.25, 0.3) is 0 Å². The van der Waals surface area contributed by atoms with Crippen molar-refractivity contribution < 1.29 is 25.2 Å². The first-order valence-electron chi connectivity index (χ1n) is 3.54. The molecule has 0 atom stereocenters. The monoisotopic (exact) mass is 186 g/mol. The van der Waals surface area contributed by atoms with Gasteiger partial charge in [0.2, 0.25) is 0 Å². The minimum absolute atomic E-state index is 0.142. The summed E-state index contributed by atoms with van der Waals surface area (Å²) in [7, 11) is 0. The van der Waals surface area contributed by atoms with E-state index in [4.69, 9.17) is 20.4 Å². The van der Waals surface area contributed by atoms with E-state index in [1.807, 2.05) is 0 Å². The molecule has 1 aromatic rings. The Morgan fingerprint density at radius 2 is 1.85 bits per heavy atom. The van der Waals surface area contributed by atoms with Gasteiger partial charge in [-0.3, -0.25) is 0 Å². The van der Waals surface area contributed by atoms with Crippen molar-refractivity contribution in [2.75, 3.05) is 0 Å². The molecule has 0 saturated carbocycles. The lowest BCUT2D eigenvalue weighted by Crippen LogP contribution is -2.30. The number of rotatable bonds is 2. The van der Waals surface area contributed by atoms with Gasteiger partial charge < -0.3 is 25.2 Å². The van der Waals surface area contributed by atoms with E-state index in [2.05, 4.69) is 4.74 Å². The lowest BCUT2D eigenvalue weighted by Gasteiger charge is -2.18. The molecule has 0 aliphatic heterocycles. The van der Waals surface area contributed by atoms with Crippen molar-refractivity contribution in [1.29, 1.82) is 0 Å². The average molecular weight is 186 g/mol. The van der Waals surface area contributed by atoms with E-state index in [1.165, 1.54) is 12.1 Å². The Morgan fingerprint density at radius 1 is 1.23 bits per heavy atom. The summed E-state index contributed by atoms with van der Waals surface area (Å²) in [6, 6.07) is 3.49. The molecule has 0 aliphatic rings. The average Bonchev–Trinajstić information content (AvgIpc) is 1.94. The van der Waals surface area contributed by atoms with Crippen LogP contribution in [0, 0.1) is 0 Å². The van der Waals surface area contributed by atoms with Gasteiger partial charge in [0.1, 0.15) is 5.75 Å². The van der Waals surface area contributed by atoms with Gasteiger partial charge in [-0.05, 0) is 12.1 Å². The molecule has 0 heterocycles. The summed E-state index contributed by atoms with van der Waals surface area (Å²) < 4.78 is 4.51. The van der Waals surface area contributed by atoms with Crippen molar-refractivity contribution in [2.24, 2.45) is 0 Å². The van der Waals surface area contributed by atoms with Gasteiger partial charge in [0.05, 0.1) is 0 Å². The Hall–Kier alpha value is -1.46. The molecule has 0 unspecified atom stereocenters. The normalized spacial score (nSPS) is 11.3. The Bertz CT molecular complexity index is 302. The van der Waals surface area contributed by atoms with E-state index >= 15 is 0 Å². The zero-order valence-electron chi connectivity index (χ0n) is 6.93. The van der Waals surface area contributed by atoms with E-state index in [-0.39, 0.29) is 17.2 Å². The van der Waals surface area contributed by atoms with Crippen LogP contribution in [0.5, 0.6) is 17.2 Å². The molecule has 72 valence electrons. The van der Waals surface area contributed by atoms with Gasteiger partial charge >= 0.3 is 5.97 Å². The van der Waals surface area contributed by atoms with Crippen LogP contribution >= 0.6 is 0 Å². The summed E-state index contributed by atoms with van der Waals surface area (Å²) in [6.07, 6.45) is 0. The fourth-order valence-corrected chi connectivity index (χ4v) is 0.793. The highest BCUT2D eigenvalue weighted by Gasteiger charge is 2.19. The molecule has 0 radical (unpaired) electrons. The molecule has 0 bridgehead atoms. The topological polar surface area (TPSA) is 90.2 Å². The number of hydrogen-bond acceptors (Lipinski definition) is 5. The second-order valence-corrected chi connectivity index (χ2v) is 2.69. The third-order valence-corrected chi connectivity index (χ3v) is 1.25. The van der Waals surface area contributed by atoms with Gasteiger partial charge in [-0.15, -0.1) is 0 Å². The first kappa shape index (κ1) is 9.63. The predicted molar refractivity (Wildman–Crippen MR) is 43.2 cm³/mol. The molecule has 0 amide bonds. The van der Waals surface area contributed by atoms with Gasteiger partial charge in [-0.2, -0.15) is 0 Å². The Kier molecular flexibility index (Phi) is 2.31. The Balaban J connectivity index is 2.94. The largest absolute Gasteiger partial charge is 0.508 e. The zero-order chi connectivity index (χ0) is 10.1. The molecule has 5 heteroatoms. The molecule has 1 aromatic carbocycles. The summed E-state index contributed by atoms with van der Waals surface area (Å²) >= 11 is 0. The SMILES string of the molecule is CC(O)(O)Oc1cc(O)ccc1O. The molecule has 5 nitrogen and oxygen atoms in total. The second kappa shape index (κ2) is 3.12. The smallest absolute Gasteiger partial charge is 0.318 e. The Labute approximate surface area is 74.5 Å². The number of phenolic OH excluding ortho intramolecular Hbond substituents is 2. The maximum absolute atomic E-state index is 9.14. The zero-order valence-corrected chi connectivity index (χ0v) is 6.93. The highest BCUT2D eigenvalue weighted by atomic mass is 16.8. The van der Waals surface area contributed by atoms with Crippen molar-refractivity contribution in [2.45, 2.75) is 12.9 Å². The van der Waals surface area contributed by atoms with Crippen LogP contribution in [0.2, 0.25) is 0 Å². The third kappa shape index (κ3) is 2.81. The summed E-state index contributed by atoms with van der Waals surface area (Å²) in [4.78, 5) is 0. The Morgan fingerprint density at radius 3 is 2.38 bits per heavy atom. The van der Waals surface area contributed by atoms with Gasteiger partial charge in [0.25, 0.3) is 0 Å². The van der Waals surface area contributed by atoms with Crippen LogP contribution in [0.15, 0.2) is 18.2 Å². The van der Waals surface area contributed by atoms with E-state index in [0.29, 0.717) is 0 Å². The number of phenols is 2. The predicted octanol–water partition coefficient (Wildman–Crippen LogP) is 0.135. The molecule has 0 spiro atoms. The summed E-state index contributed by atoms with van der Waals surface area (Å²) in [6.45, 7) is 0.983. The third-order valence-electron chi connectivity index (χ3n) is 1.25. The van der Waals surface area contributed by atoms with E-state index in [1.54, 1.807) is 0 Å². The molecule has 0 saturated heterocycles. The molecule has 0 aromatic heterocycles. The van der Waals surface area contributed by atoms with Gasteiger partial charge in [-0.25, -0.2) is 0 Å². The van der Waals surface area contributed by atoms with Crippen molar-refractivity contribution in [1.82, 2.24) is 0 Å².